The van der Waals surface area contributed by atoms with Crippen LogP contribution in [0.2, 0.25) is 0 Å². The van der Waals surface area contributed by atoms with E-state index in [0.717, 1.165) is 18.4 Å². The van der Waals surface area contributed by atoms with Gasteiger partial charge in [0.2, 0.25) is 0 Å². The molecule has 0 aromatic rings. The lowest BCUT2D eigenvalue weighted by atomic mass is 9.56. The van der Waals surface area contributed by atoms with Gasteiger partial charge in [0.05, 0.1) is 5.60 Å². The Kier molecular flexibility index (Phi) is 5.31. The minimum Gasteiger partial charge on any atom is -0.455 e. The van der Waals surface area contributed by atoms with E-state index in [0.29, 0.717) is 18.4 Å². The lowest BCUT2D eigenvalue weighted by Crippen LogP contribution is -2.65. The van der Waals surface area contributed by atoms with E-state index in [2.05, 4.69) is 6.92 Å². The van der Waals surface area contributed by atoms with Crippen LogP contribution in [0, 0.1) is 29.6 Å². The maximum absolute atomic E-state index is 13.9. The van der Waals surface area contributed by atoms with Crippen LogP contribution in [0.1, 0.15) is 67.2 Å². The first kappa shape index (κ1) is 22.7. The van der Waals surface area contributed by atoms with Crippen LogP contribution in [0.25, 0.3) is 0 Å². The fourth-order valence-electron chi connectivity index (χ4n) is 6.68. The molecule has 2 aliphatic carbocycles. The third-order valence-electron chi connectivity index (χ3n) is 8.28. The number of carbonyl (C=O) groups excluding carboxylic acids is 2. The summed E-state index contributed by atoms with van der Waals surface area (Å²) in [6, 6.07) is 0. The van der Waals surface area contributed by atoms with Crippen LogP contribution in [0.15, 0.2) is 23.3 Å². The highest BCUT2D eigenvalue weighted by Gasteiger charge is 2.69. The Hall–Kier alpha value is -1.50. The normalized spacial score (nSPS) is 44.3. The fourth-order valence-corrected chi connectivity index (χ4v) is 6.68. The Bertz CT molecular complexity index is 856. The molecule has 1 unspecified atom stereocenters. The predicted octanol–water partition coefficient (Wildman–Crippen LogP) is 3.31. The molecule has 0 radical (unpaired) electrons. The summed E-state index contributed by atoms with van der Waals surface area (Å²) in [5, 5.41) is 23.8. The van der Waals surface area contributed by atoms with Crippen LogP contribution < -0.4 is 0 Å². The largest absolute Gasteiger partial charge is 0.455 e. The van der Waals surface area contributed by atoms with Gasteiger partial charge in [0.15, 0.2) is 17.2 Å². The number of cyclic esters (lactones) is 1. The van der Waals surface area contributed by atoms with Crippen molar-refractivity contribution in [3.8, 4) is 0 Å². The van der Waals surface area contributed by atoms with Crippen molar-refractivity contribution in [2.75, 3.05) is 0 Å². The highest BCUT2D eigenvalue weighted by molar-refractivity contribution is 5.93. The lowest BCUT2D eigenvalue weighted by molar-refractivity contribution is -0.269. The van der Waals surface area contributed by atoms with Crippen LogP contribution in [0.5, 0.6) is 0 Å². The van der Waals surface area contributed by atoms with Crippen LogP contribution in [-0.4, -0.2) is 45.1 Å². The molecule has 31 heavy (non-hydrogen) atoms. The van der Waals surface area contributed by atoms with Crippen molar-refractivity contribution in [1.82, 2.24) is 0 Å². The molecule has 172 valence electrons. The number of aliphatic hydroxyl groups is 2. The molecule has 6 nitrogen and oxygen atoms in total. The highest BCUT2D eigenvalue weighted by atomic mass is 16.6. The van der Waals surface area contributed by atoms with Crippen molar-refractivity contribution in [1.29, 1.82) is 0 Å². The topological polar surface area (TPSA) is 93.1 Å². The molecule has 0 aromatic carbocycles. The summed E-state index contributed by atoms with van der Waals surface area (Å²) >= 11 is 0. The third-order valence-corrected chi connectivity index (χ3v) is 8.28. The van der Waals surface area contributed by atoms with E-state index in [1.54, 1.807) is 6.08 Å². The Morgan fingerprint density at radius 3 is 2.55 bits per heavy atom. The van der Waals surface area contributed by atoms with Gasteiger partial charge < -0.3 is 19.7 Å². The maximum atomic E-state index is 13.9. The zero-order valence-electron chi connectivity index (χ0n) is 19.5. The number of hydrogen-bond acceptors (Lipinski definition) is 6. The molecule has 4 aliphatic rings. The lowest BCUT2D eigenvalue weighted by Gasteiger charge is -2.53. The second-order valence-corrected chi connectivity index (χ2v) is 10.9. The Morgan fingerprint density at radius 2 is 1.94 bits per heavy atom. The van der Waals surface area contributed by atoms with Crippen molar-refractivity contribution in [2.45, 2.75) is 90.3 Å². The Labute approximate surface area is 184 Å². The van der Waals surface area contributed by atoms with Gasteiger partial charge in [-0.25, -0.2) is 4.79 Å². The summed E-state index contributed by atoms with van der Waals surface area (Å²) in [7, 11) is 0. The van der Waals surface area contributed by atoms with Gasteiger partial charge in [0.25, 0.3) is 0 Å². The molecular weight excluding hydrogens is 396 g/mol. The van der Waals surface area contributed by atoms with E-state index >= 15 is 0 Å². The molecule has 0 spiro atoms. The zero-order chi connectivity index (χ0) is 22.9. The number of ether oxygens (including phenoxy) is 2. The molecular formula is C25H36O6. The first-order chi connectivity index (χ1) is 14.3. The molecule has 0 aromatic heterocycles. The highest BCUT2D eigenvalue weighted by Crippen LogP contribution is 2.62. The fraction of sp³-hybridized carbons (Fsp3) is 0.760. The Morgan fingerprint density at radius 1 is 1.26 bits per heavy atom. The van der Waals surface area contributed by atoms with Gasteiger partial charge in [0, 0.05) is 29.4 Å². The van der Waals surface area contributed by atoms with E-state index in [1.165, 1.54) is 6.08 Å². The average molecular weight is 433 g/mol. The number of rotatable bonds is 5. The van der Waals surface area contributed by atoms with Gasteiger partial charge in [-0.3, -0.25) is 4.79 Å². The van der Waals surface area contributed by atoms with E-state index in [1.807, 2.05) is 34.6 Å². The molecule has 0 saturated heterocycles. The molecule has 8 atom stereocenters. The van der Waals surface area contributed by atoms with Crippen LogP contribution in [0.4, 0.5) is 0 Å². The van der Waals surface area contributed by atoms with Crippen molar-refractivity contribution >= 4 is 11.8 Å². The van der Waals surface area contributed by atoms with Crippen molar-refractivity contribution in [2.24, 2.45) is 29.6 Å². The molecule has 6 heteroatoms. The van der Waals surface area contributed by atoms with Crippen LogP contribution in [-0.2, 0) is 19.1 Å². The Balaban J connectivity index is 1.65. The monoisotopic (exact) mass is 432 g/mol. The van der Waals surface area contributed by atoms with E-state index in [9.17, 15) is 19.8 Å². The summed E-state index contributed by atoms with van der Waals surface area (Å²) in [6.45, 7) is 11.4. The molecule has 2 heterocycles. The standard InChI is InChI=1S/C25H36O6/c1-13-7-9-17-16(4)25(29)19(12-23(5,6)31-25)24(28,21(13)17)22(27)14(2)8-10-18-15(3)11-20(26)30-18/h11-14,16-18,21,28-29H,7-10H2,1-6H3/t13-,14+,16?,17-,18-,21+,24-,25-/m1/s1. The number of ketones is 1. The van der Waals surface area contributed by atoms with E-state index < -0.39 is 22.9 Å². The molecule has 2 fully saturated rings. The van der Waals surface area contributed by atoms with Crippen LogP contribution >= 0.6 is 0 Å². The first-order valence-corrected chi connectivity index (χ1v) is 11.6. The van der Waals surface area contributed by atoms with E-state index in [-0.39, 0.29) is 41.5 Å². The number of Topliss-reactive ketones (excluding diaryl/α,β-unsaturated/α-hetero) is 1. The minimum atomic E-state index is -1.76. The number of esters is 1. The second-order valence-electron chi connectivity index (χ2n) is 10.9. The molecule has 2 aliphatic heterocycles. The predicted molar refractivity (Wildman–Crippen MR) is 115 cm³/mol. The van der Waals surface area contributed by atoms with Gasteiger partial charge >= 0.3 is 5.97 Å². The van der Waals surface area contributed by atoms with Gasteiger partial charge in [-0.1, -0.05) is 27.2 Å². The van der Waals surface area contributed by atoms with Gasteiger partial charge in [-0.15, -0.1) is 0 Å². The van der Waals surface area contributed by atoms with Crippen molar-refractivity contribution in [3.63, 3.8) is 0 Å². The maximum Gasteiger partial charge on any atom is 0.331 e. The molecule has 0 bridgehead atoms. The van der Waals surface area contributed by atoms with Gasteiger partial charge in [0.1, 0.15) is 6.10 Å². The molecule has 2 N–H and O–H groups in total. The summed E-state index contributed by atoms with van der Waals surface area (Å²) < 4.78 is 11.4. The molecule has 2 saturated carbocycles. The smallest absolute Gasteiger partial charge is 0.331 e. The summed E-state index contributed by atoms with van der Waals surface area (Å²) in [5.74, 6) is -2.97. The summed E-state index contributed by atoms with van der Waals surface area (Å²) in [6.07, 6.45) is 5.73. The SMILES string of the molecule is CC1=CC(=O)O[C@@H]1CC[C@H](C)C(=O)[C@@]1(O)C2=CC(C)(C)O[C@]2(O)C(C)[C@H]2CC[C@@H](C)[C@@H]21. The zero-order valence-corrected chi connectivity index (χ0v) is 19.5. The van der Waals surface area contributed by atoms with Crippen molar-refractivity contribution in [3.05, 3.63) is 23.3 Å². The number of carbonyl (C=O) groups is 2. The average Bonchev–Trinajstić information content (AvgIpc) is 3.30. The summed E-state index contributed by atoms with van der Waals surface area (Å²) in [4.78, 5) is 25.4. The minimum absolute atomic E-state index is 0.00756. The number of fused-ring (bicyclic) bond motifs is 2. The molecule has 4 rings (SSSR count). The van der Waals surface area contributed by atoms with Crippen molar-refractivity contribution < 1.29 is 29.3 Å². The number of hydrogen-bond donors (Lipinski definition) is 2. The first-order valence-electron chi connectivity index (χ1n) is 11.6. The van der Waals surface area contributed by atoms with Crippen LogP contribution in [0.3, 0.4) is 0 Å². The van der Waals surface area contributed by atoms with E-state index in [4.69, 9.17) is 9.47 Å². The van der Waals surface area contributed by atoms with Gasteiger partial charge in [-0.05, 0) is 63.5 Å². The second kappa shape index (κ2) is 7.26. The summed E-state index contributed by atoms with van der Waals surface area (Å²) in [5.41, 5.74) is -1.33. The quantitative estimate of drug-likeness (QED) is 0.511. The van der Waals surface area contributed by atoms with Gasteiger partial charge in [-0.2, -0.15) is 0 Å². The third kappa shape index (κ3) is 3.33. The molecule has 0 amide bonds.